The van der Waals surface area contributed by atoms with E-state index in [4.69, 9.17) is 0 Å². The van der Waals surface area contributed by atoms with Gasteiger partial charge in [-0.1, -0.05) is 0 Å². The molecule has 2 heterocycles. The molecule has 1 aromatic rings. The summed E-state index contributed by atoms with van der Waals surface area (Å²) in [7, 11) is 0. The van der Waals surface area contributed by atoms with Gasteiger partial charge in [-0.3, -0.25) is 0 Å². The number of hydrogen-bond donors (Lipinski definition) is 1. The van der Waals surface area contributed by atoms with Gasteiger partial charge in [0.1, 0.15) is 0 Å². The summed E-state index contributed by atoms with van der Waals surface area (Å²) in [6, 6.07) is 0. The number of piperidine rings is 1. The number of hydrogen-bond acceptors (Lipinski definition) is 4. The predicted molar refractivity (Wildman–Crippen MR) is 42.0 cm³/mol. The molecule has 1 aromatic heterocycles. The lowest BCUT2D eigenvalue weighted by molar-refractivity contribution is -0.157. The van der Waals surface area contributed by atoms with Gasteiger partial charge in [0.2, 0.25) is 5.89 Å². The highest BCUT2D eigenvalue weighted by molar-refractivity contribution is 5.25. The normalized spacial score (nSPS) is 34.2. The third kappa shape index (κ3) is 1.19. The number of nitrogens with zero attached hydrogens (tertiary/aromatic N) is 2. The topological polar surface area (TPSA) is 51.0 Å². The molecule has 0 spiro atoms. The van der Waals surface area contributed by atoms with Gasteiger partial charge in [0.15, 0.2) is 0 Å². The first-order valence-corrected chi connectivity index (χ1v) is 4.64. The lowest BCUT2D eigenvalue weighted by atomic mass is 10.1. The SMILES string of the molecule is FC(F)(F)c1nnc(C23CNCC2C3)o1. The molecule has 3 rings (SSSR count). The number of fused-ring (bicyclic) bond motifs is 1. The Morgan fingerprint density at radius 1 is 1.40 bits per heavy atom. The molecule has 82 valence electrons. The van der Waals surface area contributed by atoms with Crippen LogP contribution in [0.4, 0.5) is 13.2 Å². The van der Waals surface area contributed by atoms with Gasteiger partial charge in [-0.25, -0.2) is 0 Å². The number of nitrogens with one attached hydrogen (secondary N) is 1. The molecule has 0 aromatic carbocycles. The van der Waals surface area contributed by atoms with E-state index < -0.39 is 12.1 Å². The molecule has 1 saturated carbocycles. The van der Waals surface area contributed by atoms with Gasteiger partial charge < -0.3 is 9.73 Å². The van der Waals surface area contributed by atoms with Crippen molar-refractivity contribution >= 4 is 0 Å². The van der Waals surface area contributed by atoms with Crippen molar-refractivity contribution in [3.05, 3.63) is 11.8 Å². The lowest BCUT2D eigenvalue weighted by Gasteiger charge is -2.04. The maximum absolute atomic E-state index is 12.2. The molecule has 2 atom stereocenters. The van der Waals surface area contributed by atoms with Crippen LogP contribution in [-0.4, -0.2) is 23.3 Å². The number of aromatic nitrogens is 2. The van der Waals surface area contributed by atoms with Crippen LogP contribution in [0, 0.1) is 5.92 Å². The van der Waals surface area contributed by atoms with Crippen molar-refractivity contribution in [3.8, 4) is 0 Å². The Morgan fingerprint density at radius 2 is 2.20 bits per heavy atom. The Bertz CT molecular complexity index is 402. The molecule has 15 heavy (non-hydrogen) atoms. The summed E-state index contributed by atoms with van der Waals surface area (Å²) in [5.74, 6) is -0.756. The van der Waals surface area contributed by atoms with Gasteiger partial charge >= 0.3 is 12.1 Å². The second-order valence-electron chi connectivity index (χ2n) is 4.10. The minimum atomic E-state index is -4.54. The fourth-order valence-corrected chi connectivity index (χ4v) is 2.21. The van der Waals surface area contributed by atoms with Gasteiger partial charge in [0, 0.05) is 6.54 Å². The molecule has 1 aliphatic carbocycles. The third-order valence-electron chi connectivity index (χ3n) is 3.16. The van der Waals surface area contributed by atoms with Crippen LogP contribution in [0.1, 0.15) is 18.2 Å². The molecule has 1 saturated heterocycles. The summed E-state index contributed by atoms with van der Waals surface area (Å²) >= 11 is 0. The summed E-state index contributed by atoms with van der Waals surface area (Å²) in [4.78, 5) is 0. The minimum Gasteiger partial charge on any atom is -0.417 e. The monoisotopic (exact) mass is 219 g/mol. The third-order valence-corrected chi connectivity index (χ3v) is 3.16. The van der Waals surface area contributed by atoms with E-state index in [-0.39, 0.29) is 11.3 Å². The van der Waals surface area contributed by atoms with Crippen molar-refractivity contribution in [1.29, 1.82) is 0 Å². The van der Waals surface area contributed by atoms with Crippen molar-refractivity contribution in [2.24, 2.45) is 5.92 Å². The molecule has 1 aliphatic heterocycles. The van der Waals surface area contributed by atoms with E-state index in [1.165, 1.54) is 0 Å². The molecule has 0 bridgehead atoms. The Kier molecular flexibility index (Phi) is 1.54. The number of halogens is 3. The predicted octanol–water partition coefficient (Wildman–Crippen LogP) is 0.949. The Balaban J connectivity index is 1.92. The van der Waals surface area contributed by atoms with Crippen LogP contribution in [-0.2, 0) is 11.6 Å². The van der Waals surface area contributed by atoms with Crippen LogP contribution < -0.4 is 5.32 Å². The standard InChI is InChI=1S/C8H8F3N3O/c9-8(10,11)6-14-13-5(15-6)7-1-4(7)2-12-3-7/h4,12H,1-3H2. The van der Waals surface area contributed by atoms with Crippen LogP contribution in [0.25, 0.3) is 0 Å². The average molecular weight is 219 g/mol. The number of alkyl halides is 3. The summed E-state index contributed by atoms with van der Waals surface area (Å²) in [5.41, 5.74) is -0.309. The zero-order chi connectivity index (χ0) is 10.7. The molecule has 0 radical (unpaired) electrons. The molecule has 2 aliphatic rings. The zero-order valence-corrected chi connectivity index (χ0v) is 7.64. The van der Waals surface area contributed by atoms with Crippen LogP contribution in [0.5, 0.6) is 0 Å². The van der Waals surface area contributed by atoms with Gasteiger partial charge in [-0.05, 0) is 18.9 Å². The molecule has 0 amide bonds. The quantitative estimate of drug-likeness (QED) is 0.764. The zero-order valence-electron chi connectivity index (χ0n) is 7.64. The smallest absolute Gasteiger partial charge is 0.417 e. The summed E-state index contributed by atoms with van der Waals surface area (Å²) in [6.45, 7) is 1.46. The van der Waals surface area contributed by atoms with E-state index in [2.05, 4.69) is 19.9 Å². The van der Waals surface area contributed by atoms with Gasteiger partial charge in [0.05, 0.1) is 5.41 Å². The molecule has 1 N–H and O–H groups in total. The Labute approximate surface area is 82.9 Å². The van der Waals surface area contributed by atoms with E-state index in [0.717, 1.165) is 13.0 Å². The highest BCUT2D eigenvalue weighted by atomic mass is 19.4. The largest absolute Gasteiger partial charge is 0.470 e. The van der Waals surface area contributed by atoms with Crippen LogP contribution in [0.15, 0.2) is 4.42 Å². The minimum absolute atomic E-state index is 0.129. The van der Waals surface area contributed by atoms with Gasteiger partial charge in [-0.2, -0.15) is 13.2 Å². The Morgan fingerprint density at radius 3 is 2.67 bits per heavy atom. The molecule has 4 nitrogen and oxygen atoms in total. The summed E-state index contributed by atoms with van der Waals surface area (Å²) in [5, 5.41) is 9.64. The summed E-state index contributed by atoms with van der Waals surface area (Å²) < 4.78 is 41.3. The molecule has 2 unspecified atom stereocenters. The van der Waals surface area contributed by atoms with Crippen LogP contribution in [0.2, 0.25) is 0 Å². The van der Waals surface area contributed by atoms with Gasteiger partial charge in [0.25, 0.3) is 0 Å². The lowest BCUT2D eigenvalue weighted by Crippen LogP contribution is -2.19. The van der Waals surface area contributed by atoms with E-state index in [9.17, 15) is 13.2 Å². The second-order valence-corrected chi connectivity index (χ2v) is 4.10. The fraction of sp³-hybridized carbons (Fsp3) is 0.750. The van der Waals surface area contributed by atoms with Crippen molar-refractivity contribution in [1.82, 2.24) is 15.5 Å². The Hall–Kier alpha value is -1.11. The first-order chi connectivity index (χ1) is 7.02. The van der Waals surface area contributed by atoms with E-state index in [0.29, 0.717) is 12.5 Å². The molecule has 7 heteroatoms. The fourth-order valence-electron chi connectivity index (χ4n) is 2.21. The van der Waals surface area contributed by atoms with Gasteiger partial charge in [-0.15, -0.1) is 10.2 Å². The highest BCUT2D eigenvalue weighted by Crippen LogP contribution is 2.56. The number of rotatable bonds is 1. The van der Waals surface area contributed by atoms with E-state index in [1.54, 1.807) is 0 Å². The second kappa shape index (κ2) is 2.52. The molecular formula is C8H8F3N3O. The van der Waals surface area contributed by atoms with Crippen LogP contribution >= 0.6 is 0 Å². The van der Waals surface area contributed by atoms with Crippen molar-refractivity contribution in [2.75, 3.05) is 13.1 Å². The van der Waals surface area contributed by atoms with Crippen LogP contribution in [0.3, 0.4) is 0 Å². The maximum Gasteiger partial charge on any atom is 0.470 e. The van der Waals surface area contributed by atoms with E-state index >= 15 is 0 Å². The highest BCUT2D eigenvalue weighted by Gasteiger charge is 2.62. The van der Waals surface area contributed by atoms with Crippen molar-refractivity contribution in [2.45, 2.75) is 18.0 Å². The summed E-state index contributed by atoms with van der Waals surface area (Å²) in [6.07, 6.45) is -3.70. The van der Waals surface area contributed by atoms with Crippen molar-refractivity contribution in [3.63, 3.8) is 0 Å². The first kappa shape index (κ1) is 9.14. The molecule has 2 fully saturated rings. The van der Waals surface area contributed by atoms with Crippen molar-refractivity contribution < 1.29 is 17.6 Å². The first-order valence-electron chi connectivity index (χ1n) is 4.64. The average Bonchev–Trinajstić information content (AvgIpc) is 2.63. The molecular weight excluding hydrogens is 211 g/mol. The maximum atomic E-state index is 12.2. The van der Waals surface area contributed by atoms with E-state index in [1.807, 2.05) is 0 Å².